The quantitative estimate of drug-likeness (QED) is 0.759. The zero-order chi connectivity index (χ0) is 20.0. The van der Waals surface area contributed by atoms with Crippen LogP contribution in [0.4, 0.5) is 0 Å². The highest BCUT2D eigenvalue weighted by atomic mass is 16.5. The number of likely N-dealkylation sites (tertiary alicyclic amines) is 1. The molecule has 1 unspecified atom stereocenters. The lowest BCUT2D eigenvalue weighted by molar-refractivity contribution is -0.140. The summed E-state index contributed by atoms with van der Waals surface area (Å²) in [4.78, 5) is 39.9. The van der Waals surface area contributed by atoms with Gasteiger partial charge in [0.2, 0.25) is 5.91 Å². The molecular formula is C21H30N2O4. The summed E-state index contributed by atoms with van der Waals surface area (Å²) in [7, 11) is 1.51. The number of nitrogens with zero attached hydrogens (tertiary/aromatic N) is 1. The fraction of sp³-hybridized carbons (Fsp3) is 0.571. The molecule has 2 amide bonds. The Morgan fingerprint density at radius 1 is 1.26 bits per heavy atom. The molecule has 2 rings (SSSR count). The van der Waals surface area contributed by atoms with Crippen LogP contribution >= 0.6 is 0 Å². The lowest BCUT2D eigenvalue weighted by Gasteiger charge is -2.31. The Balaban J connectivity index is 2.23. The van der Waals surface area contributed by atoms with Crippen LogP contribution in [0.5, 0.6) is 5.75 Å². The van der Waals surface area contributed by atoms with E-state index in [-0.39, 0.29) is 29.6 Å². The van der Waals surface area contributed by atoms with Gasteiger partial charge < -0.3 is 15.0 Å². The first-order valence-electron chi connectivity index (χ1n) is 9.71. The Hall–Kier alpha value is -2.37. The molecule has 6 nitrogen and oxygen atoms in total. The number of ether oxygens (including phenoxy) is 1. The van der Waals surface area contributed by atoms with Crippen molar-refractivity contribution in [3.05, 3.63) is 29.8 Å². The number of hydrogen-bond donors (Lipinski definition) is 1. The molecule has 0 spiro atoms. The summed E-state index contributed by atoms with van der Waals surface area (Å²) in [6, 6.07) is 5.90. The summed E-state index contributed by atoms with van der Waals surface area (Å²) in [5.74, 6) is -0.0138. The molecule has 148 valence electrons. The first-order valence-corrected chi connectivity index (χ1v) is 9.71. The van der Waals surface area contributed by atoms with Gasteiger partial charge in [-0.05, 0) is 30.9 Å². The predicted molar refractivity (Wildman–Crippen MR) is 104 cm³/mol. The lowest BCUT2D eigenvalue weighted by Crippen LogP contribution is -2.54. The van der Waals surface area contributed by atoms with E-state index in [0.29, 0.717) is 30.7 Å². The normalized spacial score (nSPS) is 18.7. The number of rotatable bonds is 8. The van der Waals surface area contributed by atoms with Gasteiger partial charge in [0.25, 0.3) is 5.91 Å². The van der Waals surface area contributed by atoms with Gasteiger partial charge >= 0.3 is 0 Å². The number of carbonyl (C=O) groups excluding carboxylic acids is 3. The highest BCUT2D eigenvalue weighted by Crippen LogP contribution is 2.23. The Labute approximate surface area is 161 Å². The molecule has 27 heavy (non-hydrogen) atoms. The Morgan fingerprint density at radius 3 is 2.59 bits per heavy atom. The van der Waals surface area contributed by atoms with Gasteiger partial charge in [-0.3, -0.25) is 14.4 Å². The van der Waals surface area contributed by atoms with Gasteiger partial charge in [0.05, 0.1) is 18.7 Å². The molecule has 1 saturated heterocycles. The molecule has 0 bridgehead atoms. The van der Waals surface area contributed by atoms with Crippen LogP contribution in [0.25, 0.3) is 0 Å². The second kappa shape index (κ2) is 9.53. The van der Waals surface area contributed by atoms with E-state index in [2.05, 4.69) is 5.32 Å². The predicted octanol–water partition coefficient (Wildman–Crippen LogP) is 2.81. The van der Waals surface area contributed by atoms with Crippen molar-refractivity contribution in [1.82, 2.24) is 10.2 Å². The minimum absolute atomic E-state index is 0.0471. The summed E-state index contributed by atoms with van der Waals surface area (Å²) in [5.41, 5.74) is 0.392. The highest BCUT2D eigenvalue weighted by molar-refractivity contribution is 6.00. The first kappa shape index (κ1) is 20.9. The number of carbonyl (C=O) groups is 3. The Bertz CT molecular complexity index is 689. The number of methoxy groups -OCH3 is 1. The monoisotopic (exact) mass is 374 g/mol. The van der Waals surface area contributed by atoms with Gasteiger partial charge in [0.1, 0.15) is 11.8 Å². The molecule has 6 heteroatoms. The van der Waals surface area contributed by atoms with Gasteiger partial charge in [-0.15, -0.1) is 0 Å². The summed E-state index contributed by atoms with van der Waals surface area (Å²) in [6.07, 6.45) is 2.67. The molecule has 1 aromatic rings. The first-order chi connectivity index (χ1) is 12.9. The van der Waals surface area contributed by atoms with Gasteiger partial charge in [-0.2, -0.15) is 0 Å². The minimum Gasteiger partial charge on any atom is -0.496 e. The maximum atomic E-state index is 13.2. The molecule has 1 aliphatic heterocycles. The summed E-state index contributed by atoms with van der Waals surface area (Å²) >= 11 is 0. The molecule has 1 N–H and O–H groups in total. The van der Waals surface area contributed by atoms with E-state index in [1.54, 1.807) is 29.2 Å². The van der Waals surface area contributed by atoms with Crippen LogP contribution < -0.4 is 10.1 Å². The van der Waals surface area contributed by atoms with Crippen LogP contribution in [0.15, 0.2) is 24.3 Å². The van der Waals surface area contributed by atoms with Crippen molar-refractivity contribution in [2.24, 2.45) is 5.92 Å². The van der Waals surface area contributed by atoms with Crippen molar-refractivity contribution < 1.29 is 19.1 Å². The molecule has 0 radical (unpaired) electrons. The van der Waals surface area contributed by atoms with Crippen molar-refractivity contribution in [2.45, 2.75) is 58.5 Å². The molecule has 3 atom stereocenters. The Morgan fingerprint density at radius 2 is 1.96 bits per heavy atom. The van der Waals surface area contributed by atoms with Gasteiger partial charge in [-0.1, -0.05) is 39.3 Å². The van der Waals surface area contributed by atoms with Gasteiger partial charge in [0, 0.05) is 13.0 Å². The average molecular weight is 374 g/mol. The third kappa shape index (κ3) is 4.67. The summed E-state index contributed by atoms with van der Waals surface area (Å²) in [5, 5.41) is 2.89. The third-order valence-electron chi connectivity index (χ3n) is 5.37. The smallest absolute Gasteiger partial charge is 0.255 e. The average Bonchev–Trinajstić information content (AvgIpc) is 3.19. The van der Waals surface area contributed by atoms with Crippen LogP contribution in [0.3, 0.4) is 0 Å². The highest BCUT2D eigenvalue weighted by Gasteiger charge is 2.38. The molecule has 1 aromatic carbocycles. The summed E-state index contributed by atoms with van der Waals surface area (Å²) in [6.45, 7) is 6.31. The summed E-state index contributed by atoms with van der Waals surface area (Å²) < 4.78 is 5.26. The van der Waals surface area contributed by atoms with Crippen molar-refractivity contribution in [2.75, 3.05) is 13.7 Å². The van der Waals surface area contributed by atoms with E-state index >= 15 is 0 Å². The number of para-hydroxylation sites is 1. The van der Waals surface area contributed by atoms with Gasteiger partial charge in [-0.25, -0.2) is 0 Å². The molecular weight excluding hydrogens is 344 g/mol. The second-order valence-corrected chi connectivity index (χ2v) is 7.05. The minimum atomic E-state index is -0.669. The molecule has 0 aromatic heterocycles. The molecule has 1 aliphatic rings. The topological polar surface area (TPSA) is 75.7 Å². The van der Waals surface area contributed by atoms with Crippen molar-refractivity contribution in [3.63, 3.8) is 0 Å². The number of ketones is 1. The molecule has 1 heterocycles. The van der Waals surface area contributed by atoms with E-state index in [4.69, 9.17) is 4.74 Å². The third-order valence-corrected chi connectivity index (χ3v) is 5.37. The molecule has 1 fully saturated rings. The zero-order valence-corrected chi connectivity index (χ0v) is 16.7. The fourth-order valence-corrected chi connectivity index (χ4v) is 3.51. The zero-order valence-electron chi connectivity index (χ0n) is 16.7. The van der Waals surface area contributed by atoms with Crippen LogP contribution in [0.1, 0.15) is 56.8 Å². The molecule has 0 saturated carbocycles. The van der Waals surface area contributed by atoms with Crippen LogP contribution in [0.2, 0.25) is 0 Å². The Kier molecular flexibility index (Phi) is 7.39. The number of nitrogens with one attached hydrogen (secondary N) is 1. The van der Waals surface area contributed by atoms with Crippen LogP contribution in [0, 0.1) is 5.92 Å². The number of benzene rings is 1. The molecule has 0 aliphatic carbocycles. The van der Waals surface area contributed by atoms with Crippen molar-refractivity contribution in [3.8, 4) is 5.75 Å². The van der Waals surface area contributed by atoms with Crippen molar-refractivity contribution in [1.29, 1.82) is 0 Å². The van der Waals surface area contributed by atoms with E-state index < -0.39 is 6.04 Å². The number of Topliss-reactive ketones (excluding diaryl/α,β-unsaturated/α-hetero) is 1. The van der Waals surface area contributed by atoms with E-state index in [9.17, 15) is 14.4 Å². The van der Waals surface area contributed by atoms with E-state index in [1.165, 1.54) is 7.11 Å². The van der Waals surface area contributed by atoms with Crippen LogP contribution in [-0.4, -0.2) is 48.2 Å². The SMILES string of the molecule is CCC(=O)[C@@H]1CCCN1C(=O)[C@@H](NC(=O)c1ccccc1OC)C(C)CC. The van der Waals surface area contributed by atoms with Gasteiger partial charge in [0.15, 0.2) is 5.78 Å². The maximum Gasteiger partial charge on any atom is 0.255 e. The number of amides is 2. The fourth-order valence-electron chi connectivity index (χ4n) is 3.51. The van der Waals surface area contributed by atoms with Crippen molar-refractivity contribution >= 4 is 17.6 Å². The van der Waals surface area contributed by atoms with E-state index in [0.717, 1.165) is 12.8 Å². The number of hydrogen-bond acceptors (Lipinski definition) is 4. The second-order valence-electron chi connectivity index (χ2n) is 7.05. The van der Waals surface area contributed by atoms with E-state index in [1.807, 2.05) is 20.8 Å². The lowest BCUT2D eigenvalue weighted by atomic mass is 9.96. The van der Waals surface area contributed by atoms with Crippen LogP contribution in [-0.2, 0) is 9.59 Å². The maximum absolute atomic E-state index is 13.2. The largest absolute Gasteiger partial charge is 0.496 e. The standard InChI is InChI=1S/C21H30N2O4/c1-5-14(3)19(21(26)23-13-9-11-16(23)17(24)6-2)22-20(25)15-10-7-8-12-18(15)27-4/h7-8,10,12,14,16,19H,5-6,9,11,13H2,1-4H3,(H,22,25)/t14?,16-,19-/m0/s1.